The van der Waals surface area contributed by atoms with E-state index in [0.717, 1.165) is 29.7 Å². The predicted octanol–water partition coefficient (Wildman–Crippen LogP) is 3.23. The van der Waals surface area contributed by atoms with Gasteiger partial charge in [0.2, 0.25) is 5.78 Å². The molecule has 4 aromatic rings. The molecule has 3 heterocycles. The summed E-state index contributed by atoms with van der Waals surface area (Å²) in [6.45, 7) is 4.92. The van der Waals surface area contributed by atoms with Crippen molar-refractivity contribution in [2.45, 2.75) is 39.3 Å². The van der Waals surface area contributed by atoms with Crippen LogP contribution in [0.3, 0.4) is 0 Å². The molecule has 0 unspecified atom stereocenters. The highest BCUT2D eigenvalue weighted by atomic mass is 16.1. The Bertz CT molecular complexity index is 1270. The Balaban J connectivity index is 1.71. The molecule has 1 aliphatic rings. The Morgan fingerprint density at radius 1 is 1.14 bits per heavy atom. The van der Waals surface area contributed by atoms with Gasteiger partial charge in [0, 0.05) is 18.8 Å². The van der Waals surface area contributed by atoms with Crippen LogP contribution in [0.1, 0.15) is 30.3 Å². The summed E-state index contributed by atoms with van der Waals surface area (Å²) < 4.78 is 3.62. The van der Waals surface area contributed by atoms with Crippen molar-refractivity contribution in [3.05, 3.63) is 69.8 Å². The molecule has 0 radical (unpaired) electrons. The zero-order valence-corrected chi connectivity index (χ0v) is 16.4. The molecule has 142 valence electrons. The minimum Gasteiger partial charge on any atom is -0.361 e. The van der Waals surface area contributed by atoms with Gasteiger partial charge in [-0.15, -0.1) is 10.2 Å². The van der Waals surface area contributed by atoms with Gasteiger partial charge in [0.25, 0.3) is 5.56 Å². The van der Waals surface area contributed by atoms with E-state index in [1.165, 1.54) is 11.3 Å². The van der Waals surface area contributed by atoms with E-state index in [1.54, 1.807) is 11.6 Å². The maximum absolute atomic E-state index is 12.8. The van der Waals surface area contributed by atoms with Crippen LogP contribution in [-0.2, 0) is 20.0 Å². The maximum atomic E-state index is 12.8. The van der Waals surface area contributed by atoms with Gasteiger partial charge < -0.3 is 4.90 Å². The number of fused-ring (bicyclic) bond motifs is 4. The van der Waals surface area contributed by atoms with Crippen molar-refractivity contribution in [1.29, 1.82) is 0 Å². The van der Waals surface area contributed by atoms with Crippen LogP contribution in [0.5, 0.6) is 0 Å². The van der Waals surface area contributed by atoms with E-state index in [4.69, 9.17) is 0 Å². The second-order valence-electron chi connectivity index (χ2n) is 7.78. The fourth-order valence-electron chi connectivity index (χ4n) is 4.31. The molecule has 0 fully saturated rings. The third-order valence-corrected chi connectivity index (χ3v) is 5.92. The van der Waals surface area contributed by atoms with Crippen LogP contribution in [0.15, 0.2) is 47.3 Å². The lowest BCUT2D eigenvalue weighted by Crippen LogP contribution is -2.37. The quantitative estimate of drug-likeness (QED) is 0.541. The minimum absolute atomic E-state index is 0.0400. The van der Waals surface area contributed by atoms with Gasteiger partial charge in [-0.2, -0.15) is 0 Å². The van der Waals surface area contributed by atoms with E-state index in [0.29, 0.717) is 23.8 Å². The first kappa shape index (κ1) is 17.0. The summed E-state index contributed by atoms with van der Waals surface area (Å²) in [6.07, 6.45) is 2.22. The number of hydrogen-bond donors (Lipinski definition) is 0. The van der Waals surface area contributed by atoms with Crippen LogP contribution in [-0.4, -0.2) is 25.2 Å². The molecule has 0 amide bonds. The highest BCUT2D eigenvalue weighted by molar-refractivity contribution is 5.81. The molecule has 28 heavy (non-hydrogen) atoms. The van der Waals surface area contributed by atoms with Gasteiger partial charge in [-0.3, -0.25) is 13.8 Å². The maximum Gasteiger partial charge on any atom is 0.262 e. The number of benzene rings is 2. The standard InChI is InChI=1S/C22H23N5O/c1-14-8-11-19-17(12-14)21(28)25(3)22-24-23-20(27(19)22)13-26-15(2)9-10-16-6-4-5-7-18(16)26/h4-8,11-12,15H,9-10,13H2,1-3H3/t15-/m1/s1. The van der Waals surface area contributed by atoms with E-state index >= 15 is 0 Å². The Morgan fingerprint density at radius 3 is 2.82 bits per heavy atom. The van der Waals surface area contributed by atoms with Gasteiger partial charge in [-0.25, -0.2) is 0 Å². The molecule has 2 aromatic heterocycles. The molecule has 1 atom stereocenters. The Labute approximate surface area is 163 Å². The van der Waals surface area contributed by atoms with Gasteiger partial charge in [0.15, 0.2) is 5.82 Å². The molecule has 6 nitrogen and oxygen atoms in total. The molecule has 2 aromatic carbocycles. The average molecular weight is 373 g/mol. The molecule has 1 aliphatic heterocycles. The lowest BCUT2D eigenvalue weighted by molar-refractivity contribution is 0.551. The Kier molecular flexibility index (Phi) is 3.75. The van der Waals surface area contributed by atoms with Crippen LogP contribution in [0, 0.1) is 6.92 Å². The Hall–Kier alpha value is -3.15. The zero-order chi connectivity index (χ0) is 19.4. The van der Waals surface area contributed by atoms with Gasteiger partial charge in [-0.1, -0.05) is 29.8 Å². The van der Waals surface area contributed by atoms with Crippen molar-refractivity contribution in [2.24, 2.45) is 7.05 Å². The van der Waals surface area contributed by atoms with Crippen molar-refractivity contribution < 1.29 is 0 Å². The lowest BCUT2D eigenvalue weighted by atomic mass is 9.96. The minimum atomic E-state index is -0.0400. The zero-order valence-electron chi connectivity index (χ0n) is 16.4. The predicted molar refractivity (Wildman–Crippen MR) is 111 cm³/mol. The fraction of sp³-hybridized carbons (Fsp3) is 0.318. The van der Waals surface area contributed by atoms with Crippen LogP contribution in [0.4, 0.5) is 5.69 Å². The van der Waals surface area contributed by atoms with Crippen LogP contribution in [0.2, 0.25) is 0 Å². The van der Waals surface area contributed by atoms with E-state index in [1.807, 2.05) is 29.5 Å². The largest absolute Gasteiger partial charge is 0.361 e. The third-order valence-electron chi connectivity index (χ3n) is 5.92. The summed E-state index contributed by atoms with van der Waals surface area (Å²) in [5.74, 6) is 1.43. The molecule has 0 bridgehead atoms. The van der Waals surface area contributed by atoms with Gasteiger partial charge in [0.1, 0.15) is 0 Å². The van der Waals surface area contributed by atoms with Gasteiger partial charge >= 0.3 is 0 Å². The normalized spacial score (nSPS) is 16.7. The highest BCUT2D eigenvalue weighted by Crippen LogP contribution is 2.31. The summed E-state index contributed by atoms with van der Waals surface area (Å²) in [5.41, 5.74) is 4.53. The molecule has 6 heteroatoms. The SMILES string of the molecule is Cc1ccc2c(c1)c(=O)n(C)c1nnc(CN3c4ccccc4CC[C@H]3C)n21. The van der Waals surface area contributed by atoms with E-state index in [9.17, 15) is 4.79 Å². The second kappa shape index (κ2) is 6.19. The van der Waals surface area contributed by atoms with Crippen LogP contribution >= 0.6 is 0 Å². The summed E-state index contributed by atoms with van der Waals surface area (Å²) in [4.78, 5) is 15.2. The van der Waals surface area contributed by atoms with Crippen molar-refractivity contribution in [3.63, 3.8) is 0 Å². The van der Waals surface area contributed by atoms with Crippen molar-refractivity contribution in [3.8, 4) is 0 Å². The number of para-hydroxylation sites is 1. The topological polar surface area (TPSA) is 55.4 Å². The highest BCUT2D eigenvalue weighted by Gasteiger charge is 2.25. The fourth-order valence-corrected chi connectivity index (χ4v) is 4.31. The van der Waals surface area contributed by atoms with Crippen molar-refractivity contribution >= 4 is 22.4 Å². The summed E-state index contributed by atoms with van der Waals surface area (Å²) in [7, 11) is 1.76. The van der Waals surface area contributed by atoms with Crippen molar-refractivity contribution in [1.82, 2.24) is 19.2 Å². The molecule has 0 spiro atoms. The summed E-state index contributed by atoms with van der Waals surface area (Å²) >= 11 is 0. The number of anilines is 1. The summed E-state index contributed by atoms with van der Waals surface area (Å²) in [6, 6.07) is 15.0. The van der Waals surface area contributed by atoms with Gasteiger partial charge in [-0.05, 0) is 50.5 Å². The Morgan fingerprint density at radius 2 is 1.96 bits per heavy atom. The molecule has 0 N–H and O–H groups in total. The monoisotopic (exact) mass is 373 g/mol. The number of hydrogen-bond acceptors (Lipinski definition) is 4. The average Bonchev–Trinajstić information content (AvgIpc) is 3.12. The molecular weight excluding hydrogens is 350 g/mol. The van der Waals surface area contributed by atoms with Gasteiger partial charge in [0.05, 0.1) is 17.4 Å². The first-order valence-electron chi connectivity index (χ1n) is 9.72. The molecular formula is C22H23N5O. The second-order valence-corrected chi connectivity index (χ2v) is 7.78. The van der Waals surface area contributed by atoms with Crippen LogP contribution < -0.4 is 10.5 Å². The first-order chi connectivity index (χ1) is 13.5. The van der Waals surface area contributed by atoms with Crippen molar-refractivity contribution in [2.75, 3.05) is 4.90 Å². The number of rotatable bonds is 2. The lowest BCUT2D eigenvalue weighted by Gasteiger charge is -2.36. The number of aryl methyl sites for hydroxylation is 3. The first-order valence-corrected chi connectivity index (χ1v) is 9.72. The molecule has 0 aliphatic carbocycles. The number of nitrogens with zero attached hydrogens (tertiary/aromatic N) is 5. The molecule has 5 rings (SSSR count). The van der Waals surface area contributed by atoms with E-state index in [2.05, 4.69) is 46.3 Å². The molecule has 0 saturated heterocycles. The number of aromatic nitrogens is 4. The summed E-state index contributed by atoms with van der Waals surface area (Å²) in [5, 5.41) is 9.53. The van der Waals surface area contributed by atoms with Crippen LogP contribution in [0.25, 0.3) is 16.7 Å². The van der Waals surface area contributed by atoms with E-state index in [-0.39, 0.29) is 5.56 Å². The third kappa shape index (κ3) is 2.44. The molecule has 0 saturated carbocycles. The smallest absolute Gasteiger partial charge is 0.262 e. The van der Waals surface area contributed by atoms with E-state index < -0.39 is 0 Å².